The van der Waals surface area contributed by atoms with Crippen molar-refractivity contribution in [3.05, 3.63) is 35.0 Å². The summed E-state index contributed by atoms with van der Waals surface area (Å²) in [7, 11) is 0. The fourth-order valence-electron chi connectivity index (χ4n) is 2.32. The SMILES string of the molecule is Br.Cc1cccc2c1c(C)c(C)n2CCO. The lowest BCUT2D eigenvalue weighted by Gasteiger charge is -2.05. The normalized spacial score (nSPS) is 10.5. The van der Waals surface area contributed by atoms with Crippen molar-refractivity contribution in [3.8, 4) is 0 Å². The van der Waals surface area contributed by atoms with Crippen LogP contribution in [0.25, 0.3) is 10.9 Å². The Labute approximate surface area is 107 Å². The summed E-state index contributed by atoms with van der Waals surface area (Å²) in [5.74, 6) is 0. The highest BCUT2D eigenvalue weighted by Crippen LogP contribution is 2.27. The third-order valence-electron chi connectivity index (χ3n) is 3.19. The monoisotopic (exact) mass is 283 g/mol. The van der Waals surface area contributed by atoms with Crippen LogP contribution < -0.4 is 0 Å². The molecule has 0 fully saturated rings. The van der Waals surface area contributed by atoms with Crippen molar-refractivity contribution in [1.29, 1.82) is 0 Å². The zero-order chi connectivity index (χ0) is 11.0. The average Bonchev–Trinajstić information content (AvgIpc) is 2.45. The molecule has 0 radical (unpaired) electrons. The molecule has 1 aromatic carbocycles. The van der Waals surface area contributed by atoms with E-state index >= 15 is 0 Å². The summed E-state index contributed by atoms with van der Waals surface area (Å²) in [6.45, 7) is 7.28. The quantitative estimate of drug-likeness (QED) is 0.900. The van der Waals surface area contributed by atoms with Crippen molar-refractivity contribution in [1.82, 2.24) is 4.57 Å². The molecule has 3 heteroatoms. The smallest absolute Gasteiger partial charge is 0.0610 e. The first-order chi connectivity index (χ1) is 7.16. The number of nitrogens with zero attached hydrogens (tertiary/aromatic N) is 1. The van der Waals surface area contributed by atoms with E-state index in [1.807, 2.05) is 0 Å². The van der Waals surface area contributed by atoms with Crippen LogP contribution in [0.3, 0.4) is 0 Å². The molecule has 0 atom stereocenters. The predicted octanol–water partition coefficient (Wildman–Crippen LogP) is 3.14. The number of aliphatic hydroxyl groups excluding tert-OH is 1. The molecule has 0 aliphatic carbocycles. The number of hydrogen-bond acceptors (Lipinski definition) is 1. The highest BCUT2D eigenvalue weighted by Gasteiger charge is 2.11. The van der Waals surface area contributed by atoms with E-state index in [2.05, 4.69) is 43.5 Å². The van der Waals surface area contributed by atoms with Crippen molar-refractivity contribution in [2.24, 2.45) is 0 Å². The summed E-state index contributed by atoms with van der Waals surface area (Å²) < 4.78 is 2.19. The van der Waals surface area contributed by atoms with Crippen LogP contribution in [0.5, 0.6) is 0 Å². The Balaban J connectivity index is 0.00000128. The van der Waals surface area contributed by atoms with Gasteiger partial charge in [0.1, 0.15) is 0 Å². The molecule has 2 nitrogen and oxygen atoms in total. The van der Waals surface area contributed by atoms with Crippen molar-refractivity contribution in [2.75, 3.05) is 6.61 Å². The Hall–Kier alpha value is -0.800. The minimum absolute atomic E-state index is 0. The maximum absolute atomic E-state index is 9.06. The second-order valence-electron chi connectivity index (χ2n) is 4.05. The van der Waals surface area contributed by atoms with Crippen LogP contribution in [-0.4, -0.2) is 16.3 Å². The van der Waals surface area contributed by atoms with Gasteiger partial charge in [0.2, 0.25) is 0 Å². The van der Waals surface area contributed by atoms with Gasteiger partial charge in [-0.15, -0.1) is 17.0 Å². The van der Waals surface area contributed by atoms with Crippen LogP contribution in [0.4, 0.5) is 0 Å². The van der Waals surface area contributed by atoms with Gasteiger partial charge in [0.05, 0.1) is 6.61 Å². The third kappa shape index (κ3) is 1.89. The number of rotatable bonds is 2. The van der Waals surface area contributed by atoms with Gasteiger partial charge < -0.3 is 9.67 Å². The molecule has 0 amide bonds. The highest BCUT2D eigenvalue weighted by atomic mass is 79.9. The first kappa shape index (κ1) is 13.3. The topological polar surface area (TPSA) is 25.2 Å². The second kappa shape index (κ2) is 5.02. The third-order valence-corrected chi connectivity index (χ3v) is 3.19. The number of halogens is 1. The molecule has 1 N–H and O–H groups in total. The highest BCUT2D eigenvalue weighted by molar-refractivity contribution is 8.93. The zero-order valence-corrected chi connectivity index (χ0v) is 11.7. The molecule has 2 aromatic rings. The Morgan fingerprint density at radius 3 is 2.50 bits per heavy atom. The van der Waals surface area contributed by atoms with Crippen molar-refractivity contribution in [3.63, 3.8) is 0 Å². The van der Waals surface area contributed by atoms with Crippen molar-refractivity contribution < 1.29 is 5.11 Å². The maximum Gasteiger partial charge on any atom is 0.0610 e. The second-order valence-corrected chi connectivity index (χ2v) is 4.05. The van der Waals surface area contributed by atoms with Gasteiger partial charge in [0, 0.05) is 23.1 Å². The molecule has 0 spiro atoms. The molecule has 1 aromatic heterocycles. The molecule has 0 saturated heterocycles. The molecule has 1 heterocycles. The summed E-state index contributed by atoms with van der Waals surface area (Å²) in [6, 6.07) is 6.33. The lowest BCUT2D eigenvalue weighted by molar-refractivity contribution is 0.277. The van der Waals surface area contributed by atoms with E-state index in [0.717, 1.165) is 0 Å². The van der Waals surface area contributed by atoms with E-state index in [1.165, 1.54) is 27.7 Å². The largest absolute Gasteiger partial charge is 0.395 e. The van der Waals surface area contributed by atoms with E-state index < -0.39 is 0 Å². The van der Waals surface area contributed by atoms with E-state index in [-0.39, 0.29) is 23.6 Å². The molecular formula is C13H18BrNO. The van der Waals surface area contributed by atoms with Crippen LogP contribution in [0, 0.1) is 20.8 Å². The van der Waals surface area contributed by atoms with Gasteiger partial charge >= 0.3 is 0 Å². The Bertz CT molecular complexity index is 502. The molecule has 0 unspecified atom stereocenters. The molecule has 0 aliphatic rings. The first-order valence-corrected chi connectivity index (χ1v) is 5.32. The summed E-state index contributed by atoms with van der Waals surface area (Å²) >= 11 is 0. The van der Waals surface area contributed by atoms with E-state index in [1.54, 1.807) is 0 Å². The Morgan fingerprint density at radius 1 is 1.19 bits per heavy atom. The average molecular weight is 284 g/mol. The predicted molar refractivity (Wildman–Crippen MR) is 73.6 cm³/mol. The zero-order valence-electron chi connectivity index (χ0n) is 9.95. The number of benzene rings is 1. The fourth-order valence-corrected chi connectivity index (χ4v) is 2.32. The number of aromatic nitrogens is 1. The van der Waals surface area contributed by atoms with Crippen molar-refractivity contribution >= 4 is 27.9 Å². The van der Waals surface area contributed by atoms with Gasteiger partial charge in [-0.25, -0.2) is 0 Å². The number of aryl methyl sites for hydroxylation is 2. The maximum atomic E-state index is 9.06. The van der Waals surface area contributed by atoms with E-state index in [9.17, 15) is 0 Å². The fraction of sp³-hybridized carbons (Fsp3) is 0.385. The molecule has 2 rings (SSSR count). The van der Waals surface area contributed by atoms with Gasteiger partial charge in [-0.3, -0.25) is 0 Å². The van der Waals surface area contributed by atoms with E-state index in [0.29, 0.717) is 6.54 Å². The van der Waals surface area contributed by atoms with Gasteiger partial charge in [-0.1, -0.05) is 12.1 Å². The minimum Gasteiger partial charge on any atom is -0.395 e. The van der Waals surface area contributed by atoms with Crippen LogP contribution >= 0.6 is 17.0 Å². The van der Waals surface area contributed by atoms with Crippen LogP contribution in [-0.2, 0) is 6.54 Å². The van der Waals surface area contributed by atoms with E-state index in [4.69, 9.17) is 5.11 Å². The Morgan fingerprint density at radius 2 is 1.88 bits per heavy atom. The number of aliphatic hydroxyl groups is 1. The summed E-state index contributed by atoms with van der Waals surface area (Å²) in [6.07, 6.45) is 0. The van der Waals surface area contributed by atoms with Gasteiger partial charge in [-0.2, -0.15) is 0 Å². The first-order valence-electron chi connectivity index (χ1n) is 5.32. The summed E-state index contributed by atoms with van der Waals surface area (Å²) in [5, 5.41) is 10.4. The molecule has 0 aliphatic heterocycles. The number of hydrogen-bond donors (Lipinski definition) is 1. The standard InChI is InChI=1S/C13H17NO.BrH/c1-9-5-4-6-12-13(9)10(2)11(3)14(12)7-8-15;/h4-6,15H,7-8H2,1-3H3;1H. The van der Waals surface area contributed by atoms with Gasteiger partial charge in [-0.05, 0) is 38.0 Å². The lowest BCUT2D eigenvalue weighted by Crippen LogP contribution is -2.03. The molecule has 16 heavy (non-hydrogen) atoms. The van der Waals surface area contributed by atoms with Crippen LogP contribution in [0.1, 0.15) is 16.8 Å². The van der Waals surface area contributed by atoms with Crippen LogP contribution in [0.15, 0.2) is 18.2 Å². The summed E-state index contributed by atoms with van der Waals surface area (Å²) in [5.41, 5.74) is 5.13. The Kier molecular flexibility index (Phi) is 4.16. The molecule has 0 saturated carbocycles. The molecular weight excluding hydrogens is 266 g/mol. The lowest BCUT2D eigenvalue weighted by atomic mass is 10.1. The molecule has 88 valence electrons. The summed E-state index contributed by atoms with van der Waals surface area (Å²) in [4.78, 5) is 0. The van der Waals surface area contributed by atoms with Gasteiger partial charge in [0.25, 0.3) is 0 Å². The van der Waals surface area contributed by atoms with Crippen LogP contribution in [0.2, 0.25) is 0 Å². The van der Waals surface area contributed by atoms with Crippen molar-refractivity contribution in [2.45, 2.75) is 27.3 Å². The molecule has 0 bridgehead atoms. The number of fused-ring (bicyclic) bond motifs is 1. The van der Waals surface area contributed by atoms with Gasteiger partial charge in [0.15, 0.2) is 0 Å². The minimum atomic E-state index is 0.